The van der Waals surface area contributed by atoms with Gasteiger partial charge in [-0.2, -0.15) is 0 Å². The van der Waals surface area contributed by atoms with Gasteiger partial charge in [0.2, 0.25) is 0 Å². The van der Waals surface area contributed by atoms with E-state index in [2.05, 4.69) is 0 Å². The molecule has 3 aromatic rings. The Morgan fingerprint density at radius 3 is 2.49 bits per heavy atom. The van der Waals surface area contributed by atoms with Gasteiger partial charge >= 0.3 is 0 Å². The molecule has 0 aliphatic carbocycles. The van der Waals surface area contributed by atoms with Crippen molar-refractivity contribution in [2.75, 3.05) is 26.3 Å². The largest absolute Gasteiger partial charge is 0.486 e. The molecule has 0 bridgehead atoms. The van der Waals surface area contributed by atoms with E-state index in [0.29, 0.717) is 62.8 Å². The number of piperidine rings is 1. The second-order valence-electron chi connectivity index (χ2n) is 9.13. The maximum atomic E-state index is 13.2. The molecule has 0 N–H and O–H groups in total. The first-order valence-corrected chi connectivity index (χ1v) is 12.0. The summed E-state index contributed by atoms with van der Waals surface area (Å²) in [5.41, 5.74) is 2.60. The van der Waals surface area contributed by atoms with Crippen molar-refractivity contribution < 1.29 is 19.1 Å². The van der Waals surface area contributed by atoms with Gasteiger partial charge in [0, 0.05) is 30.8 Å². The molecule has 0 radical (unpaired) electrons. The highest BCUT2D eigenvalue weighted by Crippen LogP contribution is 2.32. The number of likely N-dealkylation sites (tertiary alicyclic amines) is 1. The SMILES string of the molecule is Cc1cccc(Cn2cccc(C(=O)N3CCC(C(=O)c4ccc5c(c4)OCCO5)CC3)c2=O)c1. The van der Waals surface area contributed by atoms with E-state index < -0.39 is 0 Å². The van der Waals surface area contributed by atoms with Gasteiger partial charge in [0.15, 0.2) is 17.3 Å². The summed E-state index contributed by atoms with van der Waals surface area (Å²) in [6.45, 7) is 4.27. The van der Waals surface area contributed by atoms with E-state index in [0.717, 1.165) is 11.1 Å². The van der Waals surface area contributed by atoms with Gasteiger partial charge in [0.1, 0.15) is 18.8 Å². The summed E-state index contributed by atoms with van der Waals surface area (Å²) >= 11 is 0. The Balaban J connectivity index is 1.25. The number of carbonyl (C=O) groups is 2. The normalized spacial score (nSPS) is 15.6. The lowest BCUT2D eigenvalue weighted by Gasteiger charge is -2.31. The number of carbonyl (C=O) groups excluding carboxylic acids is 2. The summed E-state index contributed by atoms with van der Waals surface area (Å²) in [6, 6.07) is 16.6. The summed E-state index contributed by atoms with van der Waals surface area (Å²) in [6.07, 6.45) is 2.83. The van der Waals surface area contributed by atoms with Crippen molar-refractivity contribution in [1.82, 2.24) is 9.47 Å². The Morgan fingerprint density at radius 2 is 1.71 bits per heavy atom. The molecule has 7 nitrogen and oxygen atoms in total. The van der Waals surface area contributed by atoms with Crippen LogP contribution in [0.5, 0.6) is 11.5 Å². The molecule has 0 spiro atoms. The Morgan fingerprint density at radius 1 is 0.943 bits per heavy atom. The van der Waals surface area contributed by atoms with Crippen molar-refractivity contribution in [3.8, 4) is 11.5 Å². The molecule has 1 saturated heterocycles. The van der Waals surface area contributed by atoms with Crippen LogP contribution in [0, 0.1) is 12.8 Å². The van der Waals surface area contributed by atoms with E-state index in [1.54, 1.807) is 46.0 Å². The van der Waals surface area contributed by atoms with Crippen molar-refractivity contribution >= 4 is 11.7 Å². The number of amides is 1. The number of ketones is 1. The number of rotatable bonds is 5. The van der Waals surface area contributed by atoms with Crippen LogP contribution >= 0.6 is 0 Å². The van der Waals surface area contributed by atoms with Gasteiger partial charge in [-0.15, -0.1) is 0 Å². The molecule has 0 atom stereocenters. The standard InChI is InChI=1S/C28H28N2O5/c1-19-4-2-5-20(16-19)18-30-11-3-6-23(28(30)33)27(32)29-12-9-21(10-13-29)26(31)22-7-8-24-25(17-22)35-15-14-34-24/h2-8,11,16-17,21H,9-10,12-15,18H2,1H3. The fourth-order valence-electron chi connectivity index (χ4n) is 4.78. The molecule has 1 amide bonds. The maximum Gasteiger partial charge on any atom is 0.263 e. The maximum absolute atomic E-state index is 13.2. The molecule has 2 aromatic carbocycles. The summed E-state index contributed by atoms with van der Waals surface area (Å²) < 4.78 is 12.7. The average Bonchev–Trinajstić information content (AvgIpc) is 2.89. The quantitative estimate of drug-likeness (QED) is 0.529. The molecule has 3 heterocycles. The van der Waals surface area contributed by atoms with E-state index in [-0.39, 0.29) is 28.7 Å². The third-order valence-electron chi connectivity index (χ3n) is 6.67. The molecule has 2 aliphatic rings. The predicted molar refractivity (Wildman–Crippen MR) is 131 cm³/mol. The first-order chi connectivity index (χ1) is 17.0. The summed E-state index contributed by atoms with van der Waals surface area (Å²) in [5, 5.41) is 0. The summed E-state index contributed by atoms with van der Waals surface area (Å²) in [7, 11) is 0. The van der Waals surface area contributed by atoms with Crippen LogP contribution in [0.2, 0.25) is 0 Å². The minimum absolute atomic E-state index is 0.0503. The number of aromatic nitrogens is 1. The van der Waals surface area contributed by atoms with Crippen molar-refractivity contribution in [1.29, 1.82) is 0 Å². The predicted octanol–water partition coefficient (Wildman–Crippen LogP) is 3.71. The zero-order valence-electron chi connectivity index (χ0n) is 19.7. The van der Waals surface area contributed by atoms with Gasteiger partial charge in [-0.1, -0.05) is 29.8 Å². The monoisotopic (exact) mass is 472 g/mol. The average molecular weight is 473 g/mol. The van der Waals surface area contributed by atoms with Gasteiger partial charge in [-0.3, -0.25) is 14.4 Å². The highest BCUT2D eigenvalue weighted by Gasteiger charge is 2.30. The van der Waals surface area contributed by atoms with Crippen molar-refractivity contribution in [2.45, 2.75) is 26.3 Å². The number of nitrogens with zero attached hydrogens (tertiary/aromatic N) is 2. The van der Waals surface area contributed by atoms with Crippen LogP contribution < -0.4 is 15.0 Å². The van der Waals surface area contributed by atoms with Gasteiger partial charge in [0.25, 0.3) is 11.5 Å². The highest BCUT2D eigenvalue weighted by atomic mass is 16.6. The van der Waals surface area contributed by atoms with E-state index >= 15 is 0 Å². The minimum atomic E-state index is -0.298. The van der Waals surface area contributed by atoms with Gasteiger partial charge in [-0.25, -0.2) is 0 Å². The van der Waals surface area contributed by atoms with Crippen molar-refractivity contribution in [3.63, 3.8) is 0 Å². The molecule has 1 aromatic heterocycles. The van der Waals surface area contributed by atoms with E-state index in [1.807, 2.05) is 31.2 Å². The van der Waals surface area contributed by atoms with Crippen molar-refractivity contribution in [3.05, 3.63) is 93.4 Å². The molecule has 180 valence electrons. The zero-order chi connectivity index (χ0) is 24.4. The number of ether oxygens (including phenoxy) is 2. The van der Waals surface area contributed by atoms with Crippen LogP contribution in [-0.4, -0.2) is 47.5 Å². The van der Waals surface area contributed by atoms with Gasteiger partial charge in [0.05, 0.1) is 6.54 Å². The number of pyridine rings is 1. The van der Waals surface area contributed by atoms with Gasteiger partial charge < -0.3 is 18.9 Å². The third-order valence-corrected chi connectivity index (χ3v) is 6.67. The Labute approximate surface area is 203 Å². The second-order valence-corrected chi connectivity index (χ2v) is 9.13. The summed E-state index contributed by atoms with van der Waals surface area (Å²) in [5.74, 6) is 0.855. The Bertz CT molecular complexity index is 1320. The van der Waals surface area contributed by atoms with Crippen LogP contribution in [0.4, 0.5) is 0 Å². The first-order valence-electron chi connectivity index (χ1n) is 12.0. The minimum Gasteiger partial charge on any atom is -0.486 e. The van der Waals surface area contributed by atoms with Crippen LogP contribution in [0.3, 0.4) is 0 Å². The number of hydrogen-bond donors (Lipinski definition) is 0. The summed E-state index contributed by atoms with van der Waals surface area (Å²) in [4.78, 5) is 41.0. The number of Topliss-reactive ketones (excluding diaryl/α,β-unsaturated/α-hetero) is 1. The number of benzene rings is 2. The Hall–Kier alpha value is -3.87. The number of aryl methyl sites for hydroxylation is 1. The first kappa shape index (κ1) is 22.9. The fourth-order valence-corrected chi connectivity index (χ4v) is 4.78. The van der Waals surface area contributed by atoms with E-state index in [9.17, 15) is 14.4 Å². The lowest BCUT2D eigenvalue weighted by atomic mass is 9.88. The molecule has 0 saturated carbocycles. The zero-order valence-corrected chi connectivity index (χ0v) is 19.7. The van der Waals surface area contributed by atoms with Crippen LogP contribution in [0.1, 0.15) is 44.7 Å². The van der Waals surface area contributed by atoms with Crippen LogP contribution in [0.25, 0.3) is 0 Å². The molecule has 2 aliphatic heterocycles. The van der Waals surface area contributed by atoms with E-state index in [1.165, 1.54) is 0 Å². The molecule has 7 heteroatoms. The topological polar surface area (TPSA) is 77.8 Å². The lowest BCUT2D eigenvalue weighted by Crippen LogP contribution is -2.42. The third kappa shape index (κ3) is 4.85. The van der Waals surface area contributed by atoms with Crippen molar-refractivity contribution in [2.24, 2.45) is 5.92 Å². The second kappa shape index (κ2) is 9.78. The number of hydrogen-bond acceptors (Lipinski definition) is 5. The molecule has 1 fully saturated rings. The van der Waals surface area contributed by atoms with Crippen LogP contribution in [0.15, 0.2) is 65.6 Å². The molecular formula is C28H28N2O5. The molecule has 35 heavy (non-hydrogen) atoms. The molecule has 5 rings (SSSR count). The van der Waals surface area contributed by atoms with Gasteiger partial charge in [-0.05, 0) is 55.7 Å². The van der Waals surface area contributed by atoms with Crippen LogP contribution in [-0.2, 0) is 6.54 Å². The molecular weight excluding hydrogens is 444 g/mol. The Kier molecular flexibility index (Phi) is 6.40. The van der Waals surface area contributed by atoms with E-state index in [4.69, 9.17) is 9.47 Å². The number of fused-ring (bicyclic) bond motifs is 1. The molecule has 0 unspecified atom stereocenters. The lowest BCUT2D eigenvalue weighted by molar-refractivity contribution is 0.0648. The smallest absolute Gasteiger partial charge is 0.263 e. The fraction of sp³-hybridized carbons (Fsp3) is 0.321. The highest BCUT2D eigenvalue weighted by molar-refractivity contribution is 5.99.